The molecular weight excluding hydrogens is 238 g/mol. The summed E-state index contributed by atoms with van der Waals surface area (Å²) >= 11 is 0. The van der Waals surface area contributed by atoms with Crippen LogP contribution in [0.4, 0.5) is 0 Å². The molecule has 0 bridgehead atoms. The molecule has 17 heavy (non-hydrogen) atoms. The molecular formula is C12H23NO3S. The van der Waals surface area contributed by atoms with Gasteiger partial charge in [0.25, 0.3) is 0 Å². The summed E-state index contributed by atoms with van der Waals surface area (Å²) in [6.07, 6.45) is 6.40. The van der Waals surface area contributed by atoms with Crippen LogP contribution in [0.5, 0.6) is 0 Å². The first-order chi connectivity index (χ1) is 7.98. The molecule has 0 amide bonds. The van der Waals surface area contributed by atoms with E-state index in [0.717, 1.165) is 38.5 Å². The summed E-state index contributed by atoms with van der Waals surface area (Å²) in [5.74, 6) is 0. The molecule has 2 aliphatic rings. The third kappa shape index (κ3) is 2.66. The topological polar surface area (TPSA) is 57.6 Å². The van der Waals surface area contributed by atoms with Crippen LogP contribution in [0.15, 0.2) is 0 Å². The first kappa shape index (κ1) is 13.3. The van der Waals surface area contributed by atoms with Gasteiger partial charge in [0.1, 0.15) is 0 Å². The first-order valence-corrected chi connectivity index (χ1v) is 8.20. The fraction of sp³-hybridized carbons (Fsp3) is 1.00. The van der Waals surface area contributed by atoms with Crippen LogP contribution in [-0.4, -0.2) is 41.8 Å². The summed E-state index contributed by atoms with van der Waals surface area (Å²) in [6, 6.07) is 0. The molecule has 4 nitrogen and oxygen atoms in total. The number of rotatable bonds is 4. The van der Waals surface area contributed by atoms with Gasteiger partial charge in [0.15, 0.2) is 0 Å². The minimum Gasteiger partial charge on any atom is -0.387 e. The van der Waals surface area contributed by atoms with Gasteiger partial charge in [-0.2, -0.15) is 4.31 Å². The lowest BCUT2D eigenvalue weighted by Gasteiger charge is -2.47. The van der Waals surface area contributed by atoms with E-state index in [1.54, 1.807) is 0 Å². The van der Waals surface area contributed by atoms with Crippen molar-refractivity contribution in [3.63, 3.8) is 0 Å². The molecule has 5 heteroatoms. The van der Waals surface area contributed by atoms with Crippen molar-refractivity contribution in [2.75, 3.05) is 13.1 Å². The molecule has 1 aliphatic carbocycles. The summed E-state index contributed by atoms with van der Waals surface area (Å²) < 4.78 is 26.0. The lowest BCUT2D eigenvalue weighted by molar-refractivity contribution is -0.0658. The van der Waals surface area contributed by atoms with E-state index in [9.17, 15) is 13.5 Å². The maximum atomic E-state index is 12.3. The van der Waals surface area contributed by atoms with Gasteiger partial charge in [0, 0.05) is 13.1 Å². The van der Waals surface area contributed by atoms with Crippen LogP contribution in [0.2, 0.25) is 0 Å². The molecule has 2 rings (SSSR count). The van der Waals surface area contributed by atoms with Gasteiger partial charge in [0.05, 0.1) is 10.9 Å². The molecule has 1 aliphatic heterocycles. The van der Waals surface area contributed by atoms with Gasteiger partial charge in [0.2, 0.25) is 10.0 Å². The van der Waals surface area contributed by atoms with Crippen molar-refractivity contribution in [3.8, 4) is 0 Å². The van der Waals surface area contributed by atoms with E-state index in [-0.39, 0.29) is 5.25 Å². The Morgan fingerprint density at radius 2 is 1.82 bits per heavy atom. The summed E-state index contributed by atoms with van der Waals surface area (Å²) in [7, 11) is -3.14. The highest BCUT2D eigenvalue weighted by atomic mass is 32.2. The van der Waals surface area contributed by atoms with E-state index in [1.165, 1.54) is 4.31 Å². The molecule has 0 radical (unpaired) electrons. The predicted octanol–water partition coefficient (Wildman–Crippen LogP) is 1.50. The van der Waals surface area contributed by atoms with Crippen LogP contribution < -0.4 is 0 Å². The number of hydrogen-bond acceptors (Lipinski definition) is 3. The summed E-state index contributed by atoms with van der Waals surface area (Å²) in [6.45, 7) is 2.62. The lowest BCUT2D eigenvalue weighted by Crippen LogP contribution is -2.64. The van der Waals surface area contributed by atoms with E-state index in [2.05, 4.69) is 0 Å². The van der Waals surface area contributed by atoms with Gasteiger partial charge in [-0.15, -0.1) is 0 Å². The smallest absolute Gasteiger partial charge is 0.217 e. The van der Waals surface area contributed by atoms with Crippen molar-refractivity contribution in [2.24, 2.45) is 0 Å². The van der Waals surface area contributed by atoms with Gasteiger partial charge in [-0.25, -0.2) is 8.42 Å². The Bertz CT molecular complexity index is 354. The van der Waals surface area contributed by atoms with Crippen LogP contribution in [0, 0.1) is 0 Å². The molecule has 2 fully saturated rings. The van der Waals surface area contributed by atoms with Crippen molar-refractivity contribution in [1.29, 1.82) is 0 Å². The van der Waals surface area contributed by atoms with Gasteiger partial charge in [-0.05, 0) is 19.3 Å². The third-order valence-corrected chi connectivity index (χ3v) is 6.28. The summed E-state index contributed by atoms with van der Waals surface area (Å²) in [4.78, 5) is 0. The Kier molecular flexibility index (Phi) is 3.80. The zero-order valence-corrected chi connectivity index (χ0v) is 11.4. The average molecular weight is 261 g/mol. The Hall–Kier alpha value is -0.130. The molecule has 100 valence electrons. The highest BCUT2D eigenvalue weighted by Gasteiger charge is 2.48. The number of β-amino-alcohol motifs (C(OH)–C–C–N with tert-alkyl or cyclic N) is 1. The van der Waals surface area contributed by atoms with Gasteiger partial charge >= 0.3 is 0 Å². The molecule has 0 atom stereocenters. The number of hydrogen-bond donors (Lipinski definition) is 1. The minimum atomic E-state index is -3.14. The van der Waals surface area contributed by atoms with Crippen molar-refractivity contribution in [3.05, 3.63) is 0 Å². The standard InChI is InChI=1S/C12H23NO3S/c1-2-8-12(14)9-13(10-12)17(15,16)11-6-4-3-5-7-11/h11,14H,2-10H2,1H3. The molecule has 1 heterocycles. The zero-order chi connectivity index (χ0) is 12.5. The van der Waals surface area contributed by atoms with Crippen molar-refractivity contribution >= 4 is 10.0 Å². The summed E-state index contributed by atoms with van der Waals surface area (Å²) in [5, 5.41) is 9.84. The minimum absolute atomic E-state index is 0.192. The van der Waals surface area contributed by atoms with Crippen LogP contribution in [0.3, 0.4) is 0 Å². The molecule has 0 unspecified atom stereocenters. The second-order valence-corrected chi connectivity index (χ2v) is 7.76. The highest BCUT2D eigenvalue weighted by Crippen LogP contribution is 2.33. The molecule has 1 saturated carbocycles. The van der Waals surface area contributed by atoms with Crippen molar-refractivity contribution < 1.29 is 13.5 Å². The second kappa shape index (κ2) is 4.86. The van der Waals surface area contributed by atoms with Gasteiger partial charge in [-0.1, -0.05) is 32.6 Å². The van der Waals surface area contributed by atoms with Crippen LogP contribution in [0.25, 0.3) is 0 Å². The first-order valence-electron chi connectivity index (χ1n) is 6.69. The van der Waals surface area contributed by atoms with E-state index in [4.69, 9.17) is 0 Å². The molecule has 1 saturated heterocycles. The Morgan fingerprint density at radius 1 is 1.24 bits per heavy atom. The SMILES string of the molecule is CCCC1(O)CN(S(=O)(=O)C2CCCCC2)C1. The number of nitrogens with zero attached hydrogens (tertiary/aromatic N) is 1. The fourth-order valence-electron chi connectivity index (χ4n) is 2.99. The van der Waals surface area contributed by atoms with E-state index in [0.29, 0.717) is 19.5 Å². The maximum absolute atomic E-state index is 12.3. The largest absolute Gasteiger partial charge is 0.387 e. The van der Waals surface area contributed by atoms with Crippen LogP contribution >= 0.6 is 0 Å². The molecule has 0 spiro atoms. The number of sulfonamides is 1. The Balaban J connectivity index is 1.95. The van der Waals surface area contributed by atoms with Crippen LogP contribution in [0.1, 0.15) is 51.9 Å². The van der Waals surface area contributed by atoms with Crippen molar-refractivity contribution in [1.82, 2.24) is 4.31 Å². The normalized spacial score (nSPS) is 26.7. The van der Waals surface area contributed by atoms with E-state index in [1.807, 2.05) is 6.92 Å². The quantitative estimate of drug-likeness (QED) is 0.834. The van der Waals surface area contributed by atoms with Gasteiger partial charge < -0.3 is 5.11 Å². The predicted molar refractivity (Wildman–Crippen MR) is 67.2 cm³/mol. The molecule has 0 aromatic heterocycles. The monoisotopic (exact) mass is 261 g/mol. The third-order valence-electron chi connectivity index (χ3n) is 3.99. The molecule has 0 aromatic rings. The van der Waals surface area contributed by atoms with Gasteiger partial charge in [-0.3, -0.25) is 0 Å². The van der Waals surface area contributed by atoms with Crippen LogP contribution in [-0.2, 0) is 10.0 Å². The molecule has 1 N–H and O–H groups in total. The zero-order valence-electron chi connectivity index (χ0n) is 10.6. The summed E-state index contributed by atoms with van der Waals surface area (Å²) in [5.41, 5.74) is -0.753. The lowest BCUT2D eigenvalue weighted by atomic mass is 9.92. The van der Waals surface area contributed by atoms with E-state index < -0.39 is 15.6 Å². The maximum Gasteiger partial charge on any atom is 0.217 e. The Morgan fingerprint density at radius 3 is 2.35 bits per heavy atom. The molecule has 0 aromatic carbocycles. The Labute approximate surface area is 104 Å². The average Bonchev–Trinajstić information content (AvgIpc) is 2.27. The second-order valence-electron chi connectivity index (χ2n) is 5.55. The van der Waals surface area contributed by atoms with Crippen molar-refractivity contribution in [2.45, 2.75) is 62.7 Å². The fourth-order valence-corrected chi connectivity index (χ4v) is 5.18. The highest BCUT2D eigenvalue weighted by molar-refractivity contribution is 7.89. The number of aliphatic hydroxyl groups is 1. The van der Waals surface area contributed by atoms with E-state index >= 15 is 0 Å².